The van der Waals surface area contributed by atoms with Crippen LogP contribution in [0.25, 0.3) is 11.2 Å². The van der Waals surface area contributed by atoms with E-state index in [0.29, 0.717) is 102 Å². The van der Waals surface area contributed by atoms with Gasteiger partial charge in [0.2, 0.25) is 23.6 Å². The van der Waals surface area contributed by atoms with Crippen LogP contribution in [-0.2, 0) is 125 Å². The molecule has 3 aromatic heterocycles. The number of aromatic nitrogens is 6. The van der Waals surface area contributed by atoms with Crippen molar-refractivity contribution in [1.82, 2.24) is 50.3 Å². The van der Waals surface area contributed by atoms with Crippen LogP contribution >= 0.6 is 25.8 Å². The third-order valence-corrected chi connectivity index (χ3v) is 21.1. The van der Waals surface area contributed by atoms with Crippen molar-refractivity contribution >= 4 is 96.2 Å². The number of hydrogen-bond donors (Lipinski definition) is 8. The normalized spacial score (nSPS) is 21.8. The van der Waals surface area contributed by atoms with E-state index in [4.69, 9.17) is 86.7 Å². The van der Waals surface area contributed by atoms with Gasteiger partial charge in [0.15, 0.2) is 29.0 Å². The van der Waals surface area contributed by atoms with Crippen molar-refractivity contribution < 1.29 is 123 Å². The lowest BCUT2D eigenvalue weighted by molar-refractivity contribution is -0.133. The Hall–Kier alpha value is -7.41. The lowest BCUT2D eigenvalue weighted by Gasteiger charge is -2.27. The fourth-order valence-electron chi connectivity index (χ4n) is 11.9. The number of aromatic amines is 1. The van der Waals surface area contributed by atoms with Gasteiger partial charge in [0, 0.05) is 82.6 Å². The summed E-state index contributed by atoms with van der Waals surface area (Å²) < 4.78 is 105. The molecule has 5 amide bonds. The number of carbonyl (C=O) groups is 7. The number of aliphatic hydroxyl groups excluding tert-OH is 1. The molecule has 636 valence electrons. The maximum atomic E-state index is 14.1. The second kappa shape index (κ2) is 46.7. The first-order valence-corrected chi connectivity index (χ1v) is 42.8. The van der Waals surface area contributed by atoms with Crippen LogP contribution in [0.3, 0.4) is 0 Å². The monoisotopic (exact) mass is 1690 g/mol. The number of ether oxygens (including phenoxy) is 12. The second-order valence-corrected chi connectivity index (χ2v) is 34.0. The standard InChI is InChI=1S/C73H105N11O27P2S2/c1-46(2)54(38-57(86)55(79-71(92)109-73(4,5)6)39-75-60(87)18-20-97-23-24-99-27-28-101-31-32-103-34-33-102-30-29-100-26-25-98-22-21-96-8)67(90)78-47(3)56(85)35-48-13-15-49(16-14-48)41-104-72(93)83(7)40-50-11-9-10-12-53(50)66(89)81-70-80-65-62(68(91)82-70)77-45-84(65)69-64-63(88)59(108-69)43-106-112(94,114)110-58-37-52(107-61-17-19-74-44-76-61)36-51(58)42-105-113(95,115)111-64/h9-17,19,44-47,51-52,54-55,58-59,63-64,69,88H,18,20-43H2,1-8H3,(H,75,87)(H,78,90)(H,79,92)(H,94,114)(H,95,115)(H2,80,81,82,89,91)/t47-,51+,52+,54-,55-,58-,59+,63+,64+,69+,112?,113?/m0/s1. The number of thiol groups is 1. The van der Waals surface area contributed by atoms with Gasteiger partial charge in [-0.1, -0.05) is 68.6 Å². The third kappa shape index (κ3) is 31.4. The Kier molecular flexibility index (Phi) is 37.8. The topological polar surface area (TPSA) is 465 Å². The quantitative estimate of drug-likeness (QED) is 0.0142. The van der Waals surface area contributed by atoms with Crippen molar-refractivity contribution in [2.24, 2.45) is 17.8 Å². The smallest absolute Gasteiger partial charge is 0.410 e. The molecule has 0 spiro atoms. The van der Waals surface area contributed by atoms with Crippen LogP contribution in [-0.4, -0.2) is 267 Å². The Bertz CT molecular complexity index is 4110. The number of carbonyl (C=O) groups excluding carboxylic acids is 7. The van der Waals surface area contributed by atoms with Crippen LogP contribution in [0.1, 0.15) is 101 Å². The number of anilines is 1. The Balaban J connectivity index is 0.752. The van der Waals surface area contributed by atoms with Gasteiger partial charge in [0.25, 0.3) is 11.5 Å². The summed E-state index contributed by atoms with van der Waals surface area (Å²) in [6.45, 7) is 5.82. The molecule has 12 atom stereocenters. The average Bonchev–Trinajstić information content (AvgIpc) is 1.61. The van der Waals surface area contributed by atoms with Gasteiger partial charge in [-0.25, -0.2) is 29.1 Å². The van der Waals surface area contributed by atoms with Crippen molar-refractivity contribution in [3.63, 3.8) is 0 Å². The number of imidazole rings is 1. The SMILES string of the molecule is COCCOCCOCCOCCOCCOCCOCCOCCC(=O)NC[C@H](NC(=O)OC(C)(C)C)C(=O)C[C@H](C(=O)N[C@@H](C)C(=O)Cc1ccc(COC(=O)N(C)Cc2ccccc2C(=O)Nc2nc3c(ncn3[C@@H]3O[C@@H]4COP(O)(=S)O[C@H]5C[C@H](Oc6ccncn6)C[C@@H]5COP(=O)(S)O[C@@H]3[C@@H]4O)c(=O)[nH]2)cc1)C(C)C. The number of fused-ring (bicyclic) bond motifs is 4. The highest BCUT2D eigenvalue weighted by Gasteiger charge is 2.51. The maximum Gasteiger partial charge on any atom is 0.410 e. The molecule has 5 aromatic rings. The molecule has 2 bridgehead atoms. The number of methoxy groups -OCH3 is 1. The van der Waals surface area contributed by atoms with E-state index in [1.165, 1.54) is 42.0 Å². The fraction of sp³-hybridized carbons (Fsp3) is 0.616. The molecule has 8 rings (SSSR count). The molecular formula is C73H105N11O27P2S2. The van der Waals surface area contributed by atoms with E-state index < -0.39 is 134 Å². The molecular weight excluding hydrogens is 1590 g/mol. The fourth-order valence-corrected chi connectivity index (χ4v) is 14.9. The molecule has 3 fully saturated rings. The van der Waals surface area contributed by atoms with Crippen molar-refractivity contribution in [2.75, 3.05) is 138 Å². The molecule has 3 aliphatic rings. The van der Waals surface area contributed by atoms with Crippen molar-refractivity contribution in [3.8, 4) is 5.88 Å². The molecule has 0 radical (unpaired) electrons. The first kappa shape index (κ1) is 93.1. The molecule has 38 nitrogen and oxygen atoms in total. The lowest BCUT2D eigenvalue weighted by Crippen LogP contribution is -2.51. The molecule has 2 unspecified atom stereocenters. The second-order valence-electron chi connectivity index (χ2n) is 28.3. The van der Waals surface area contributed by atoms with Gasteiger partial charge in [-0.15, -0.1) is 0 Å². The zero-order valence-electron chi connectivity index (χ0n) is 65.5. The van der Waals surface area contributed by atoms with Crippen molar-refractivity contribution in [2.45, 2.75) is 141 Å². The summed E-state index contributed by atoms with van der Waals surface area (Å²) in [5.41, 5.74) is -0.544. The van der Waals surface area contributed by atoms with Crippen LogP contribution in [0.5, 0.6) is 5.88 Å². The van der Waals surface area contributed by atoms with Crippen LogP contribution in [0.4, 0.5) is 15.5 Å². The van der Waals surface area contributed by atoms with Crippen molar-refractivity contribution in [3.05, 3.63) is 106 Å². The Morgan fingerprint density at radius 2 is 1.41 bits per heavy atom. The number of nitrogens with one attached hydrogen (secondary N) is 5. The molecule has 2 aliphatic heterocycles. The highest BCUT2D eigenvalue weighted by Crippen LogP contribution is 2.59. The largest absolute Gasteiger partial charge is 0.474 e. The van der Waals surface area contributed by atoms with Gasteiger partial charge < -0.3 is 101 Å². The number of rotatable bonds is 45. The third-order valence-electron chi connectivity index (χ3n) is 17.9. The van der Waals surface area contributed by atoms with E-state index in [0.717, 1.165) is 6.33 Å². The molecule has 1 saturated carbocycles. The van der Waals surface area contributed by atoms with E-state index in [1.54, 1.807) is 90.3 Å². The number of benzene rings is 2. The number of amides is 5. The number of Topliss-reactive ketones (excluding diaryl/α,β-unsaturated/α-hetero) is 2. The number of alkyl carbamates (subject to hydrolysis) is 1. The van der Waals surface area contributed by atoms with Gasteiger partial charge in [0.1, 0.15) is 49.0 Å². The minimum atomic E-state index is -4.39. The summed E-state index contributed by atoms with van der Waals surface area (Å²) >= 11 is 9.64. The number of hydrogen-bond acceptors (Lipinski definition) is 31. The first-order chi connectivity index (χ1) is 54.9. The maximum absolute atomic E-state index is 14.1. The summed E-state index contributed by atoms with van der Waals surface area (Å²) in [5, 5.41) is 22.2. The van der Waals surface area contributed by atoms with E-state index in [-0.39, 0.29) is 107 Å². The van der Waals surface area contributed by atoms with Gasteiger partial charge in [0.05, 0.1) is 131 Å². The molecule has 2 saturated heterocycles. The Morgan fingerprint density at radius 3 is 2.03 bits per heavy atom. The van der Waals surface area contributed by atoms with Gasteiger partial charge in [-0.05, 0) is 74.6 Å². The van der Waals surface area contributed by atoms with Crippen LogP contribution in [0, 0.1) is 17.8 Å². The predicted molar refractivity (Wildman–Crippen MR) is 417 cm³/mol. The van der Waals surface area contributed by atoms with Crippen molar-refractivity contribution in [1.29, 1.82) is 0 Å². The van der Waals surface area contributed by atoms with E-state index >= 15 is 0 Å². The van der Waals surface area contributed by atoms with E-state index in [1.807, 2.05) is 0 Å². The molecule has 1 aliphatic carbocycles. The van der Waals surface area contributed by atoms with Gasteiger partial charge in [-0.2, -0.15) is 4.98 Å². The first-order valence-electron chi connectivity index (χ1n) is 37.5. The van der Waals surface area contributed by atoms with Gasteiger partial charge >= 0.3 is 25.7 Å². The van der Waals surface area contributed by atoms with Crippen LogP contribution in [0.2, 0.25) is 0 Å². The number of aliphatic hydroxyl groups is 1. The van der Waals surface area contributed by atoms with Gasteiger partial charge in [-0.3, -0.25) is 48.2 Å². The highest BCUT2D eigenvalue weighted by molar-refractivity contribution is 8.44. The Labute approximate surface area is 675 Å². The zero-order valence-corrected chi connectivity index (χ0v) is 69.0. The minimum Gasteiger partial charge on any atom is -0.474 e. The van der Waals surface area contributed by atoms with E-state index in [2.05, 4.69) is 58.4 Å². The summed E-state index contributed by atoms with van der Waals surface area (Å²) in [4.78, 5) is 140. The number of nitrogens with zero attached hydrogens (tertiary/aromatic N) is 6. The number of ketones is 2. The molecule has 7 N–H and O–H groups in total. The Morgan fingerprint density at radius 1 is 0.783 bits per heavy atom. The molecule has 115 heavy (non-hydrogen) atoms. The molecule has 2 aromatic carbocycles. The predicted octanol–water partition coefficient (Wildman–Crippen LogP) is 5.13. The summed E-state index contributed by atoms with van der Waals surface area (Å²) in [7, 11) is 3.08. The summed E-state index contributed by atoms with van der Waals surface area (Å²) in [6.07, 6.45) is -4.99. The lowest BCUT2D eigenvalue weighted by atomic mass is 9.87. The summed E-state index contributed by atoms with van der Waals surface area (Å²) in [5.74, 6) is -4.67. The van der Waals surface area contributed by atoms with E-state index in [9.17, 15) is 52.9 Å². The minimum absolute atomic E-state index is 0.0442. The highest BCUT2D eigenvalue weighted by atomic mass is 32.7. The van der Waals surface area contributed by atoms with Crippen LogP contribution in [0.15, 0.2) is 78.2 Å². The van der Waals surface area contributed by atoms with Crippen LogP contribution < -0.4 is 31.6 Å². The zero-order chi connectivity index (χ0) is 83.1. The molecule has 5 heterocycles. The summed E-state index contributed by atoms with van der Waals surface area (Å²) in [6, 6.07) is 12.3. The molecule has 42 heteroatoms. The average molecular weight is 1690 g/mol. The number of H-pyrrole nitrogens is 1.